The second kappa shape index (κ2) is 5.38. The predicted octanol–water partition coefficient (Wildman–Crippen LogP) is 3.99. The molecule has 1 aromatic rings. The van der Waals surface area contributed by atoms with E-state index in [0.717, 1.165) is 18.4 Å². The summed E-state index contributed by atoms with van der Waals surface area (Å²) < 4.78 is 0. The number of hydrogen-bond acceptors (Lipinski definition) is 1. The Morgan fingerprint density at radius 2 is 2.21 bits per heavy atom. The Labute approximate surface area is 94.0 Å². The molecule has 1 unspecified atom stereocenters. The molecule has 0 heterocycles. The van der Waals surface area contributed by atoms with E-state index in [9.17, 15) is 4.79 Å². The van der Waals surface area contributed by atoms with Gasteiger partial charge in [0, 0.05) is 5.02 Å². The fourth-order valence-electron chi connectivity index (χ4n) is 1.42. The van der Waals surface area contributed by atoms with Crippen molar-refractivity contribution in [1.82, 2.24) is 0 Å². The zero-order chi connectivity index (χ0) is 10.6. The Morgan fingerprint density at radius 1 is 1.50 bits per heavy atom. The molecule has 1 atom stereocenters. The van der Waals surface area contributed by atoms with Crippen LogP contribution >= 0.6 is 23.2 Å². The predicted molar refractivity (Wildman–Crippen MR) is 60.0 cm³/mol. The molecule has 0 saturated heterocycles. The van der Waals surface area contributed by atoms with Crippen molar-refractivity contribution in [2.75, 3.05) is 0 Å². The SMILES string of the molecule is CCCC(C(=O)Cl)c1cccc(Cl)c1. The molecule has 14 heavy (non-hydrogen) atoms. The van der Waals surface area contributed by atoms with E-state index in [1.165, 1.54) is 0 Å². The van der Waals surface area contributed by atoms with Crippen LogP contribution in [-0.4, -0.2) is 5.24 Å². The molecule has 0 aliphatic heterocycles. The number of hydrogen-bond donors (Lipinski definition) is 0. The van der Waals surface area contributed by atoms with Crippen molar-refractivity contribution in [1.29, 1.82) is 0 Å². The van der Waals surface area contributed by atoms with Gasteiger partial charge in [-0.2, -0.15) is 0 Å². The molecule has 0 aromatic heterocycles. The number of carbonyl (C=O) groups excluding carboxylic acids is 1. The third-order valence-electron chi connectivity index (χ3n) is 2.10. The van der Waals surface area contributed by atoms with Gasteiger partial charge < -0.3 is 0 Å². The van der Waals surface area contributed by atoms with Gasteiger partial charge in [-0.3, -0.25) is 4.79 Å². The van der Waals surface area contributed by atoms with Gasteiger partial charge in [-0.25, -0.2) is 0 Å². The van der Waals surface area contributed by atoms with Crippen LogP contribution in [0, 0.1) is 0 Å². The molecule has 0 aliphatic carbocycles. The highest BCUT2D eigenvalue weighted by Crippen LogP contribution is 2.25. The minimum Gasteiger partial charge on any atom is -0.281 e. The van der Waals surface area contributed by atoms with Crippen LogP contribution in [0.4, 0.5) is 0 Å². The largest absolute Gasteiger partial charge is 0.281 e. The lowest BCUT2D eigenvalue weighted by molar-refractivity contribution is -0.113. The summed E-state index contributed by atoms with van der Waals surface area (Å²) in [5.74, 6) is -0.222. The zero-order valence-corrected chi connectivity index (χ0v) is 9.48. The summed E-state index contributed by atoms with van der Waals surface area (Å²) in [5.41, 5.74) is 0.902. The number of carbonyl (C=O) groups is 1. The van der Waals surface area contributed by atoms with Gasteiger partial charge in [0.1, 0.15) is 0 Å². The molecule has 76 valence electrons. The van der Waals surface area contributed by atoms with Gasteiger partial charge in [0.15, 0.2) is 0 Å². The second-order valence-electron chi connectivity index (χ2n) is 3.20. The van der Waals surface area contributed by atoms with Crippen LogP contribution in [0.2, 0.25) is 5.02 Å². The van der Waals surface area contributed by atoms with E-state index in [0.29, 0.717) is 5.02 Å². The standard InChI is InChI=1S/C11H12Cl2O/c1-2-4-10(11(13)14)8-5-3-6-9(12)7-8/h3,5-7,10H,2,4H2,1H3. The summed E-state index contributed by atoms with van der Waals surface area (Å²) in [6.45, 7) is 2.03. The average molecular weight is 231 g/mol. The first-order chi connectivity index (χ1) is 6.65. The van der Waals surface area contributed by atoms with Crippen LogP contribution < -0.4 is 0 Å². The van der Waals surface area contributed by atoms with E-state index < -0.39 is 0 Å². The van der Waals surface area contributed by atoms with Crippen molar-refractivity contribution in [3.8, 4) is 0 Å². The molecule has 0 N–H and O–H groups in total. The van der Waals surface area contributed by atoms with Gasteiger partial charge in [-0.05, 0) is 35.7 Å². The van der Waals surface area contributed by atoms with Crippen molar-refractivity contribution >= 4 is 28.4 Å². The van der Waals surface area contributed by atoms with E-state index in [2.05, 4.69) is 0 Å². The van der Waals surface area contributed by atoms with Crippen LogP contribution in [0.25, 0.3) is 0 Å². The first kappa shape index (κ1) is 11.5. The highest BCUT2D eigenvalue weighted by atomic mass is 35.5. The summed E-state index contributed by atoms with van der Waals surface area (Å²) in [6.07, 6.45) is 1.69. The van der Waals surface area contributed by atoms with E-state index in [1.54, 1.807) is 12.1 Å². The highest BCUT2D eigenvalue weighted by Gasteiger charge is 2.17. The molecule has 1 nitrogen and oxygen atoms in total. The lowest BCUT2D eigenvalue weighted by Crippen LogP contribution is -2.06. The zero-order valence-electron chi connectivity index (χ0n) is 7.97. The third kappa shape index (κ3) is 3.00. The maximum absolute atomic E-state index is 11.2. The fraction of sp³-hybridized carbons (Fsp3) is 0.364. The van der Waals surface area contributed by atoms with Crippen molar-refractivity contribution in [2.45, 2.75) is 25.7 Å². The molecule has 0 radical (unpaired) electrons. The smallest absolute Gasteiger partial charge is 0.229 e. The normalized spacial score (nSPS) is 12.5. The van der Waals surface area contributed by atoms with Crippen LogP contribution in [-0.2, 0) is 4.79 Å². The molecule has 0 amide bonds. The van der Waals surface area contributed by atoms with Crippen LogP contribution in [0.1, 0.15) is 31.2 Å². The molecular formula is C11H12Cl2O. The second-order valence-corrected chi connectivity index (χ2v) is 4.01. The van der Waals surface area contributed by atoms with Gasteiger partial charge in [0.2, 0.25) is 5.24 Å². The molecule has 0 saturated carbocycles. The van der Waals surface area contributed by atoms with Gasteiger partial charge in [0.05, 0.1) is 5.92 Å². The van der Waals surface area contributed by atoms with Gasteiger partial charge in [0.25, 0.3) is 0 Å². The monoisotopic (exact) mass is 230 g/mol. The summed E-state index contributed by atoms with van der Waals surface area (Å²) in [6, 6.07) is 7.29. The molecule has 0 aliphatic rings. The number of benzene rings is 1. The Morgan fingerprint density at radius 3 is 2.71 bits per heavy atom. The summed E-state index contributed by atoms with van der Waals surface area (Å²) in [4.78, 5) is 11.2. The minimum atomic E-state index is -0.311. The lowest BCUT2D eigenvalue weighted by atomic mass is 9.96. The molecule has 1 rings (SSSR count). The summed E-state index contributed by atoms with van der Waals surface area (Å²) in [7, 11) is 0. The highest BCUT2D eigenvalue weighted by molar-refractivity contribution is 6.64. The maximum Gasteiger partial charge on any atom is 0.229 e. The van der Waals surface area contributed by atoms with Gasteiger partial charge in [-0.15, -0.1) is 0 Å². The van der Waals surface area contributed by atoms with E-state index >= 15 is 0 Å². The number of halogens is 2. The third-order valence-corrected chi connectivity index (χ3v) is 2.60. The molecule has 1 aromatic carbocycles. The Kier molecular flexibility index (Phi) is 4.43. The summed E-state index contributed by atoms with van der Waals surface area (Å²) >= 11 is 11.4. The van der Waals surface area contributed by atoms with Crippen LogP contribution in [0.3, 0.4) is 0 Å². The first-order valence-corrected chi connectivity index (χ1v) is 5.35. The molecule has 0 bridgehead atoms. The first-order valence-electron chi connectivity index (χ1n) is 4.60. The molecule has 0 fully saturated rings. The van der Waals surface area contributed by atoms with E-state index in [4.69, 9.17) is 23.2 Å². The fourth-order valence-corrected chi connectivity index (χ4v) is 1.86. The van der Waals surface area contributed by atoms with Crippen molar-refractivity contribution in [2.24, 2.45) is 0 Å². The Hall–Kier alpha value is -0.530. The molecule has 0 spiro atoms. The van der Waals surface area contributed by atoms with Crippen molar-refractivity contribution in [3.05, 3.63) is 34.9 Å². The van der Waals surface area contributed by atoms with E-state index in [1.807, 2.05) is 19.1 Å². The number of rotatable bonds is 4. The molecule has 3 heteroatoms. The lowest BCUT2D eigenvalue weighted by Gasteiger charge is -2.11. The van der Waals surface area contributed by atoms with Crippen LogP contribution in [0.15, 0.2) is 24.3 Å². The van der Waals surface area contributed by atoms with E-state index in [-0.39, 0.29) is 11.2 Å². The minimum absolute atomic E-state index is 0.222. The van der Waals surface area contributed by atoms with Gasteiger partial charge in [-0.1, -0.05) is 37.1 Å². The summed E-state index contributed by atoms with van der Waals surface area (Å²) in [5, 5.41) is 0.329. The van der Waals surface area contributed by atoms with Crippen LogP contribution in [0.5, 0.6) is 0 Å². The topological polar surface area (TPSA) is 17.1 Å². The average Bonchev–Trinajstić information content (AvgIpc) is 2.13. The maximum atomic E-state index is 11.2. The van der Waals surface area contributed by atoms with Crippen molar-refractivity contribution < 1.29 is 4.79 Å². The van der Waals surface area contributed by atoms with Gasteiger partial charge >= 0.3 is 0 Å². The molecular weight excluding hydrogens is 219 g/mol. The Balaban J connectivity index is 2.93. The van der Waals surface area contributed by atoms with Crippen molar-refractivity contribution in [3.63, 3.8) is 0 Å². The quantitative estimate of drug-likeness (QED) is 0.716. The Bertz CT molecular complexity index is 323.